The first-order valence-corrected chi connectivity index (χ1v) is 8.29. The molecule has 0 atom stereocenters. The van der Waals surface area contributed by atoms with Gasteiger partial charge in [0.15, 0.2) is 0 Å². The Bertz CT molecular complexity index is 996. The van der Waals surface area contributed by atoms with Gasteiger partial charge in [-0.05, 0) is 38.1 Å². The molecule has 138 valence electrons. The summed E-state index contributed by atoms with van der Waals surface area (Å²) in [5, 5.41) is 7.09. The fourth-order valence-corrected chi connectivity index (χ4v) is 2.49. The van der Waals surface area contributed by atoms with Crippen molar-refractivity contribution in [1.29, 1.82) is 0 Å². The topological polar surface area (TPSA) is 91.9 Å². The van der Waals surface area contributed by atoms with Gasteiger partial charge in [0, 0.05) is 31.4 Å². The number of benzene rings is 1. The molecule has 27 heavy (non-hydrogen) atoms. The lowest BCUT2D eigenvalue weighted by Crippen LogP contribution is -2.25. The Balaban J connectivity index is 1.88. The number of aliphatic imine (C=N–C) groups is 2. The molecule has 1 aliphatic heterocycles. The molecule has 1 aromatic carbocycles. The molecule has 0 saturated heterocycles. The number of carbonyl (C=O) groups is 2. The van der Waals surface area contributed by atoms with Crippen LogP contribution in [0.5, 0.6) is 0 Å². The van der Waals surface area contributed by atoms with Gasteiger partial charge in [-0.25, -0.2) is 4.99 Å². The Morgan fingerprint density at radius 3 is 2.41 bits per heavy atom. The normalized spacial score (nSPS) is 13.9. The molecular weight excluding hydrogens is 344 g/mol. The van der Waals surface area contributed by atoms with Gasteiger partial charge in [0.2, 0.25) is 0 Å². The zero-order valence-corrected chi connectivity index (χ0v) is 15.6. The van der Waals surface area contributed by atoms with Crippen LogP contribution in [0, 0.1) is 6.92 Å². The van der Waals surface area contributed by atoms with Crippen molar-refractivity contribution in [3.05, 3.63) is 53.7 Å². The Morgan fingerprint density at radius 1 is 1.15 bits per heavy atom. The molecule has 8 nitrogen and oxygen atoms in total. The van der Waals surface area contributed by atoms with Crippen LogP contribution in [-0.2, 0) is 4.79 Å². The fourth-order valence-electron chi connectivity index (χ4n) is 2.49. The Kier molecular flexibility index (Phi) is 4.72. The first-order chi connectivity index (χ1) is 12.8. The van der Waals surface area contributed by atoms with E-state index >= 15 is 0 Å². The summed E-state index contributed by atoms with van der Waals surface area (Å²) in [6.07, 6.45) is 0. The molecule has 0 aliphatic carbocycles. The molecular formula is C19H20N6O2. The van der Waals surface area contributed by atoms with Gasteiger partial charge in [0.1, 0.15) is 5.82 Å². The van der Waals surface area contributed by atoms with Crippen molar-refractivity contribution in [3.8, 4) is 0 Å². The van der Waals surface area contributed by atoms with Crippen LogP contribution < -0.4 is 10.2 Å². The molecule has 2 amide bonds. The summed E-state index contributed by atoms with van der Waals surface area (Å²) in [7, 11) is 3.86. The number of aryl methyl sites for hydroxylation is 1. The molecule has 8 heteroatoms. The van der Waals surface area contributed by atoms with Crippen LogP contribution in [0.3, 0.4) is 0 Å². The quantitative estimate of drug-likeness (QED) is 0.846. The monoisotopic (exact) mass is 364 g/mol. The Labute approximate surface area is 156 Å². The van der Waals surface area contributed by atoms with Crippen LogP contribution in [0.4, 0.5) is 11.5 Å². The average molecular weight is 364 g/mol. The molecule has 2 aromatic rings. The van der Waals surface area contributed by atoms with E-state index in [1.807, 2.05) is 31.1 Å². The van der Waals surface area contributed by atoms with E-state index in [0.29, 0.717) is 22.8 Å². The minimum Gasteiger partial charge on any atom is -0.378 e. The van der Waals surface area contributed by atoms with Crippen molar-refractivity contribution in [1.82, 2.24) is 9.78 Å². The number of carbonyl (C=O) groups excluding carboxylic acids is 2. The number of amides is 2. The van der Waals surface area contributed by atoms with Gasteiger partial charge in [-0.1, -0.05) is 6.58 Å². The number of rotatable bonds is 3. The lowest BCUT2D eigenvalue weighted by atomic mass is 10.2. The second-order valence-electron chi connectivity index (χ2n) is 6.37. The van der Waals surface area contributed by atoms with E-state index in [1.165, 1.54) is 4.68 Å². The zero-order valence-electron chi connectivity index (χ0n) is 15.6. The van der Waals surface area contributed by atoms with Crippen LogP contribution in [0.15, 0.2) is 52.5 Å². The molecule has 1 aliphatic rings. The zero-order chi connectivity index (χ0) is 19.7. The van der Waals surface area contributed by atoms with E-state index in [0.717, 1.165) is 5.69 Å². The highest BCUT2D eigenvalue weighted by atomic mass is 16.2. The van der Waals surface area contributed by atoms with Crippen molar-refractivity contribution in [2.24, 2.45) is 9.98 Å². The summed E-state index contributed by atoms with van der Waals surface area (Å²) in [5.41, 5.74) is 2.86. The number of nitrogens with zero attached hydrogens (tertiary/aromatic N) is 5. The van der Waals surface area contributed by atoms with Crippen molar-refractivity contribution in [2.45, 2.75) is 13.8 Å². The first kappa shape index (κ1) is 18.2. The van der Waals surface area contributed by atoms with Crippen molar-refractivity contribution in [3.63, 3.8) is 0 Å². The molecule has 0 bridgehead atoms. The van der Waals surface area contributed by atoms with E-state index in [9.17, 15) is 9.59 Å². The minimum absolute atomic E-state index is 0.0938. The highest BCUT2D eigenvalue weighted by molar-refractivity contribution is 6.28. The van der Waals surface area contributed by atoms with Crippen molar-refractivity contribution in [2.75, 3.05) is 24.3 Å². The summed E-state index contributed by atoms with van der Waals surface area (Å²) in [4.78, 5) is 34.6. The number of hydrogen-bond acceptors (Lipinski definition) is 5. The lowest BCUT2D eigenvalue weighted by molar-refractivity contribution is -0.113. The van der Waals surface area contributed by atoms with Crippen molar-refractivity contribution < 1.29 is 9.59 Å². The number of anilines is 2. The van der Waals surface area contributed by atoms with Crippen LogP contribution in [0.2, 0.25) is 0 Å². The SMILES string of the molecule is C=C1C(=O)N=C(n2nc(C)cc2NC(=O)c2ccc(N(C)C)cc2)N=C1C. The van der Waals surface area contributed by atoms with Gasteiger partial charge >= 0.3 is 0 Å². The van der Waals surface area contributed by atoms with Gasteiger partial charge in [-0.2, -0.15) is 14.8 Å². The molecule has 0 spiro atoms. The Hall–Kier alpha value is -3.55. The van der Waals surface area contributed by atoms with Crippen LogP contribution in [-0.4, -0.2) is 47.4 Å². The van der Waals surface area contributed by atoms with Crippen LogP contribution in [0.1, 0.15) is 23.0 Å². The molecule has 0 unspecified atom stereocenters. The van der Waals surface area contributed by atoms with E-state index in [4.69, 9.17) is 0 Å². The van der Waals surface area contributed by atoms with Gasteiger partial charge in [0.05, 0.1) is 17.0 Å². The van der Waals surface area contributed by atoms with E-state index in [-0.39, 0.29) is 17.4 Å². The highest BCUT2D eigenvalue weighted by Gasteiger charge is 2.21. The molecule has 2 heterocycles. The number of hydrogen-bond donors (Lipinski definition) is 1. The molecule has 0 fully saturated rings. The summed E-state index contributed by atoms with van der Waals surface area (Å²) in [5.74, 6) is -0.294. The standard InChI is InChI=1S/C19H20N6O2/c1-11-10-16(21-18(27)14-6-8-15(9-7-14)24(4)5)25(23-11)19-20-13(3)12(2)17(26)22-19/h6-10H,2H2,1,3-5H3,(H,21,27). The lowest BCUT2D eigenvalue weighted by Gasteiger charge is -2.14. The highest BCUT2D eigenvalue weighted by Crippen LogP contribution is 2.17. The second-order valence-corrected chi connectivity index (χ2v) is 6.37. The minimum atomic E-state index is -0.470. The third kappa shape index (κ3) is 3.69. The molecule has 0 saturated carbocycles. The van der Waals surface area contributed by atoms with Gasteiger partial charge in [-0.3, -0.25) is 9.59 Å². The molecule has 1 N–H and O–H groups in total. The maximum absolute atomic E-state index is 12.6. The van der Waals surface area contributed by atoms with Crippen LogP contribution in [0.25, 0.3) is 0 Å². The van der Waals surface area contributed by atoms with Crippen molar-refractivity contribution >= 4 is 35.0 Å². The number of aromatic nitrogens is 2. The third-order valence-corrected chi connectivity index (χ3v) is 4.07. The average Bonchev–Trinajstić information content (AvgIpc) is 2.99. The second kappa shape index (κ2) is 6.99. The van der Waals surface area contributed by atoms with E-state index < -0.39 is 5.91 Å². The summed E-state index contributed by atoms with van der Waals surface area (Å²) < 4.78 is 1.34. The first-order valence-electron chi connectivity index (χ1n) is 8.29. The van der Waals surface area contributed by atoms with Gasteiger partial charge < -0.3 is 10.2 Å². The van der Waals surface area contributed by atoms with E-state index in [1.54, 1.807) is 32.0 Å². The van der Waals surface area contributed by atoms with Crippen LogP contribution >= 0.6 is 0 Å². The summed E-state index contributed by atoms with van der Waals surface area (Å²) in [6.45, 7) is 7.10. The Morgan fingerprint density at radius 2 is 1.81 bits per heavy atom. The fraction of sp³-hybridized carbons (Fsp3) is 0.211. The smallest absolute Gasteiger partial charge is 0.281 e. The molecule has 3 rings (SSSR count). The summed E-state index contributed by atoms with van der Waals surface area (Å²) in [6, 6.07) is 8.90. The van der Waals surface area contributed by atoms with Gasteiger partial charge in [0.25, 0.3) is 17.8 Å². The maximum atomic E-state index is 12.6. The van der Waals surface area contributed by atoms with E-state index in [2.05, 4.69) is 27.0 Å². The maximum Gasteiger partial charge on any atom is 0.281 e. The largest absolute Gasteiger partial charge is 0.378 e. The number of nitrogens with one attached hydrogen (secondary N) is 1. The predicted molar refractivity (Wildman–Crippen MR) is 106 cm³/mol. The predicted octanol–water partition coefficient (Wildman–Crippen LogP) is 2.27. The molecule has 1 aromatic heterocycles. The molecule has 0 radical (unpaired) electrons. The summed E-state index contributed by atoms with van der Waals surface area (Å²) >= 11 is 0. The third-order valence-electron chi connectivity index (χ3n) is 4.07. The van der Waals surface area contributed by atoms with Gasteiger partial charge in [-0.15, -0.1) is 0 Å².